The largest absolute Gasteiger partial charge is 0.347 e. The minimum atomic E-state index is -3.97. The smallest absolute Gasteiger partial charge is 0.262 e. The number of sulfonamides is 1. The van der Waals surface area contributed by atoms with Gasteiger partial charge in [0.2, 0.25) is 27.8 Å². The molecule has 4 aromatic rings. The third kappa shape index (κ3) is 6.05. The van der Waals surface area contributed by atoms with E-state index in [9.17, 15) is 32.0 Å². The number of hydrogen-bond acceptors (Lipinski definition) is 12. The van der Waals surface area contributed by atoms with Gasteiger partial charge in [0.1, 0.15) is 17.6 Å². The Morgan fingerprint density at radius 1 is 1.09 bits per heavy atom. The third-order valence-corrected chi connectivity index (χ3v) is 9.69. The summed E-state index contributed by atoms with van der Waals surface area (Å²) in [7, 11) is -2.35. The second-order valence-corrected chi connectivity index (χ2v) is 13.3. The first-order valence-electron chi connectivity index (χ1n) is 13.9. The Bertz CT molecular complexity index is 2120. The number of piperidine rings is 1. The van der Waals surface area contributed by atoms with Crippen molar-refractivity contribution in [1.82, 2.24) is 25.2 Å². The maximum absolute atomic E-state index is 15.3. The molecule has 2 aromatic heterocycles. The average molecular weight is 683 g/mol. The number of thiazole rings is 1. The highest BCUT2D eigenvalue weighted by Gasteiger charge is 2.45. The summed E-state index contributed by atoms with van der Waals surface area (Å²) in [5.41, 5.74) is 0.433. The molecule has 6 rings (SSSR count). The van der Waals surface area contributed by atoms with Crippen LogP contribution in [-0.4, -0.2) is 65.0 Å². The van der Waals surface area contributed by atoms with Crippen LogP contribution in [0.5, 0.6) is 0 Å². The molecule has 47 heavy (non-hydrogen) atoms. The van der Waals surface area contributed by atoms with Crippen LogP contribution in [0.3, 0.4) is 0 Å². The van der Waals surface area contributed by atoms with Crippen LogP contribution < -0.4 is 20.7 Å². The van der Waals surface area contributed by atoms with Crippen molar-refractivity contribution >= 4 is 61.8 Å². The fourth-order valence-corrected chi connectivity index (χ4v) is 6.79. The summed E-state index contributed by atoms with van der Waals surface area (Å²) in [6, 6.07) is 6.64. The summed E-state index contributed by atoms with van der Waals surface area (Å²) >= 11 is 1.06. The topological polar surface area (TPSA) is 198 Å². The molecule has 4 heterocycles. The number of amides is 4. The number of anilines is 3. The number of carbonyl (C=O) groups is 4. The quantitative estimate of drug-likeness (QED) is 0.231. The highest BCUT2D eigenvalue weighted by molar-refractivity contribution is 7.89. The Morgan fingerprint density at radius 2 is 1.81 bits per heavy atom. The lowest BCUT2D eigenvalue weighted by molar-refractivity contribution is -0.136. The molecule has 2 aliphatic rings. The van der Waals surface area contributed by atoms with E-state index in [1.165, 1.54) is 24.3 Å². The Labute approximate surface area is 269 Å². The molecule has 1 fully saturated rings. The predicted octanol–water partition coefficient (Wildman–Crippen LogP) is 2.62. The standard InChI is InChI=1S/C29H24F2N8O6S2/c1-13-24(23-20(31)11-33-28(37-23)35-15-4-3-5-16(9-15)47(32,44)45)46-29(34-13)38(2)12-14-8-17-18(10-19(14)30)27(43)39(26(17)42)21-6-7-22(40)36-25(21)41/h3-5,8-11,21H,6-7,12H2,1-2H3,(H2,32,44,45)(H,33,35,37)(H,36,40,41). The molecule has 242 valence electrons. The molecule has 0 radical (unpaired) electrons. The van der Waals surface area contributed by atoms with Crippen LogP contribution in [0.15, 0.2) is 47.5 Å². The van der Waals surface area contributed by atoms with Gasteiger partial charge in [-0.25, -0.2) is 37.3 Å². The number of nitrogens with zero attached hydrogens (tertiary/aromatic N) is 5. The van der Waals surface area contributed by atoms with Crippen molar-refractivity contribution in [1.29, 1.82) is 0 Å². The number of primary sulfonamides is 1. The summed E-state index contributed by atoms with van der Waals surface area (Å²) in [6.45, 7) is 1.54. The minimum Gasteiger partial charge on any atom is -0.347 e. The van der Waals surface area contributed by atoms with Crippen LogP contribution in [0.4, 0.5) is 25.5 Å². The molecular weight excluding hydrogens is 658 g/mol. The number of nitrogens with two attached hydrogens (primary N) is 1. The number of carbonyl (C=O) groups excluding carboxylic acids is 4. The molecular formula is C29H24F2N8O6S2. The normalized spacial score (nSPS) is 16.4. The molecule has 1 saturated heterocycles. The predicted molar refractivity (Wildman–Crippen MR) is 164 cm³/mol. The Hall–Kier alpha value is -5.20. The maximum atomic E-state index is 15.3. The highest BCUT2D eigenvalue weighted by Crippen LogP contribution is 2.36. The van der Waals surface area contributed by atoms with Crippen molar-refractivity contribution in [3.05, 3.63) is 76.6 Å². The van der Waals surface area contributed by atoms with Crippen molar-refractivity contribution in [2.45, 2.75) is 37.2 Å². The van der Waals surface area contributed by atoms with E-state index in [-0.39, 0.29) is 52.6 Å². The van der Waals surface area contributed by atoms with Gasteiger partial charge < -0.3 is 10.2 Å². The van der Waals surface area contributed by atoms with E-state index in [0.29, 0.717) is 21.4 Å². The van der Waals surface area contributed by atoms with Gasteiger partial charge in [-0.2, -0.15) is 0 Å². The third-order valence-electron chi connectivity index (χ3n) is 7.50. The Morgan fingerprint density at radius 3 is 2.51 bits per heavy atom. The molecule has 1 atom stereocenters. The summed E-state index contributed by atoms with van der Waals surface area (Å²) in [5, 5.41) is 10.5. The molecule has 0 spiro atoms. The second-order valence-electron chi connectivity index (χ2n) is 10.8. The molecule has 4 amide bonds. The summed E-state index contributed by atoms with van der Waals surface area (Å²) < 4.78 is 53.7. The van der Waals surface area contributed by atoms with E-state index in [4.69, 9.17) is 5.14 Å². The number of imide groups is 2. The number of benzene rings is 2. The van der Waals surface area contributed by atoms with Gasteiger partial charge in [0.25, 0.3) is 11.8 Å². The highest BCUT2D eigenvalue weighted by atomic mass is 32.2. The Kier molecular flexibility index (Phi) is 8.02. The van der Waals surface area contributed by atoms with Crippen LogP contribution >= 0.6 is 11.3 Å². The lowest BCUT2D eigenvalue weighted by Gasteiger charge is -2.27. The van der Waals surface area contributed by atoms with E-state index < -0.39 is 51.3 Å². The van der Waals surface area contributed by atoms with E-state index in [0.717, 1.165) is 28.5 Å². The van der Waals surface area contributed by atoms with Gasteiger partial charge >= 0.3 is 0 Å². The van der Waals surface area contributed by atoms with Crippen molar-refractivity contribution in [2.24, 2.45) is 5.14 Å². The zero-order chi connectivity index (χ0) is 33.8. The number of fused-ring (bicyclic) bond motifs is 1. The number of rotatable bonds is 8. The zero-order valence-corrected chi connectivity index (χ0v) is 26.2. The SMILES string of the molecule is Cc1nc(N(C)Cc2cc3c(cc2F)C(=O)N(C2CCC(=O)NC2=O)C3=O)sc1-c1nc(Nc2cccc(S(N)(=O)=O)c2)ncc1F. The average Bonchev–Trinajstić information content (AvgIpc) is 3.50. The molecule has 4 N–H and O–H groups in total. The first-order chi connectivity index (χ1) is 22.2. The second kappa shape index (κ2) is 11.9. The minimum absolute atomic E-state index is 0.0264. The molecule has 2 aromatic carbocycles. The fraction of sp³-hybridized carbons (Fsp3) is 0.207. The van der Waals surface area contributed by atoms with E-state index in [1.54, 1.807) is 24.9 Å². The number of hydrogen-bond donors (Lipinski definition) is 3. The monoisotopic (exact) mass is 682 g/mol. The lowest BCUT2D eigenvalue weighted by atomic mass is 10.0. The van der Waals surface area contributed by atoms with Crippen LogP contribution in [0.1, 0.15) is 44.8 Å². The van der Waals surface area contributed by atoms with E-state index >= 15 is 4.39 Å². The molecule has 0 bridgehead atoms. The lowest BCUT2D eigenvalue weighted by Crippen LogP contribution is -2.54. The zero-order valence-electron chi connectivity index (χ0n) is 24.6. The number of aromatic nitrogens is 3. The maximum Gasteiger partial charge on any atom is 0.262 e. The van der Waals surface area contributed by atoms with Gasteiger partial charge in [-0.1, -0.05) is 17.4 Å². The van der Waals surface area contributed by atoms with Gasteiger partial charge in [-0.05, 0) is 43.7 Å². The van der Waals surface area contributed by atoms with Gasteiger partial charge in [-0.3, -0.25) is 29.4 Å². The van der Waals surface area contributed by atoms with Crippen LogP contribution in [0.2, 0.25) is 0 Å². The van der Waals surface area contributed by atoms with E-state index in [1.807, 2.05) is 0 Å². The first-order valence-corrected chi connectivity index (χ1v) is 16.2. The number of aryl methyl sites for hydroxylation is 1. The van der Waals surface area contributed by atoms with Crippen LogP contribution in [-0.2, 0) is 26.2 Å². The number of nitrogens with one attached hydrogen (secondary N) is 2. The van der Waals surface area contributed by atoms with Gasteiger partial charge in [0, 0.05) is 31.3 Å². The molecule has 1 unspecified atom stereocenters. The van der Waals surface area contributed by atoms with Gasteiger partial charge in [0.15, 0.2) is 10.9 Å². The summed E-state index contributed by atoms with van der Waals surface area (Å²) in [6.07, 6.45) is 0.874. The molecule has 0 aliphatic carbocycles. The van der Waals surface area contributed by atoms with Gasteiger partial charge in [-0.15, -0.1) is 0 Å². The molecule has 0 saturated carbocycles. The number of halogens is 2. The van der Waals surface area contributed by atoms with E-state index in [2.05, 4.69) is 25.6 Å². The van der Waals surface area contributed by atoms with Crippen molar-refractivity contribution in [3.8, 4) is 10.6 Å². The summed E-state index contributed by atoms with van der Waals surface area (Å²) in [5.74, 6) is -4.41. The fourth-order valence-electron chi connectivity index (χ4n) is 5.21. The van der Waals surface area contributed by atoms with Crippen LogP contribution in [0, 0.1) is 18.6 Å². The molecule has 18 heteroatoms. The summed E-state index contributed by atoms with van der Waals surface area (Å²) in [4.78, 5) is 65.3. The molecule has 14 nitrogen and oxygen atoms in total. The van der Waals surface area contributed by atoms with Gasteiger partial charge in [0.05, 0.1) is 32.8 Å². The molecule has 2 aliphatic heterocycles. The van der Waals surface area contributed by atoms with Crippen LogP contribution in [0.25, 0.3) is 10.6 Å². The van der Waals surface area contributed by atoms with Crippen molar-refractivity contribution in [2.75, 3.05) is 17.3 Å². The van der Waals surface area contributed by atoms with Crippen molar-refractivity contribution < 1.29 is 36.4 Å². The van der Waals surface area contributed by atoms with Crippen molar-refractivity contribution in [3.63, 3.8) is 0 Å². The first kappa shape index (κ1) is 31.8. The Balaban J connectivity index is 1.23.